The zero-order chi connectivity index (χ0) is 23.8. The smallest absolute Gasteiger partial charge is 0.234 e. The standard InChI is InChI=1S/C26H29NO6S/c1-15(9-17-5-6-18(13-29)33-17)4-7-22-23-16(12-28)10-20-24(21(23)14-32-22)26(31)27(25(20)30)11-19-3-2-8-34-19/h2-3,5-6,8-9,20-22,24,28-29H,4,7,10-14H2,1H3/b15-9+/t20-,21+,22-,24-/m1/s1. The number of hydrogen-bond acceptors (Lipinski definition) is 7. The first-order valence-electron chi connectivity index (χ1n) is 11.7. The van der Waals surface area contributed by atoms with Crippen LogP contribution in [-0.2, 0) is 27.5 Å². The summed E-state index contributed by atoms with van der Waals surface area (Å²) < 4.78 is 11.7. The number of nitrogens with zero attached hydrogens (tertiary/aromatic N) is 1. The first-order chi connectivity index (χ1) is 16.5. The molecule has 0 aromatic carbocycles. The second kappa shape index (κ2) is 9.62. The molecule has 0 saturated carbocycles. The summed E-state index contributed by atoms with van der Waals surface area (Å²) in [6, 6.07) is 7.44. The van der Waals surface area contributed by atoms with Crippen molar-refractivity contribution in [1.82, 2.24) is 4.90 Å². The number of rotatable bonds is 8. The molecular weight excluding hydrogens is 454 g/mol. The van der Waals surface area contributed by atoms with Crippen molar-refractivity contribution in [2.24, 2.45) is 17.8 Å². The molecule has 3 aliphatic rings. The third-order valence-corrected chi connectivity index (χ3v) is 8.07. The number of allylic oxidation sites excluding steroid dienone is 1. The zero-order valence-corrected chi connectivity index (χ0v) is 19.9. The Morgan fingerprint density at radius 1 is 1.18 bits per heavy atom. The van der Waals surface area contributed by atoms with Crippen molar-refractivity contribution in [2.75, 3.05) is 13.2 Å². The first kappa shape index (κ1) is 23.2. The minimum atomic E-state index is -0.410. The highest BCUT2D eigenvalue weighted by Gasteiger charge is 2.56. The fourth-order valence-electron chi connectivity index (χ4n) is 5.63. The van der Waals surface area contributed by atoms with E-state index < -0.39 is 11.8 Å². The van der Waals surface area contributed by atoms with Crippen molar-refractivity contribution in [3.8, 4) is 0 Å². The molecule has 7 nitrogen and oxygen atoms in total. The number of furan rings is 1. The topological polar surface area (TPSA) is 100 Å². The normalized spacial score (nSPS) is 27.0. The lowest BCUT2D eigenvalue weighted by atomic mass is 9.69. The molecule has 0 unspecified atom stereocenters. The van der Waals surface area contributed by atoms with Gasteiger partial charge >= 0.3 is 0 Å². The number of hydrogen-bond donors (Lipinski definition) is 2. The summed E-state index contributed by atoms with van der Waals surface area (Å²) in [5.41, 5.74) is 2.99. The number of amides is 2. The molecule has 2 amide bonds. The van der Waals surface area contributed by atoms with Crippen LogP contribution in [0.2, 0.25) is 0 Å². The molecule has 2 fully saturated rings. The molecule has 0 bridgehead atoms. The molecule has 2 aliphatic heterocycles. The quantitative estimate of drug-likeness (QED) is 0.440. The molecule has 1 aliphatic carbocycles. The summed E-state index contributed by atoms with van der Waals surface area (Å²) in [6.07, 6.45) is 3.69. The fraction of sp³-hybridized carbons (Fsp3) is 0.462. The number of aliphatic hydroxyl groups excluding tert-OH is 2. The van der Waals surface area contributed by atoms with Crippen LogP contribution in [0.5, 0.6) is 0 Å². The monoisotopic (exact) mass is 483 g/mol. The van der Waals surface area contributed by atoms with E-state index in [-0.39, 0.29) is 37.0 Å². The van der Waals surface area contributed by atoms with Gasteiger partial charge in [0.15, 0.2) is 0 Å². The Morgan fingerprint density at radius 2 is 2.03 bits per heavy atom. The Morgan fingerprint density at radius 3 is 2.74 bits per heavy atom. The van der Waals surface area contributed by atoms with E-state index in [0.29, 0.717) is 31.1 Å². The molecule has 5 rings (SSSR count). The molecule has 4 heterocycles. The molecule has 2 N–H and O–H groups in total. The highest BCUT2D eigenvalue weighted by Crippen LogP contribution is 2.50. The van der Waals surface area contributed by atoms with Gasteiger partial charge in [0.2, 0.25) is 11.8 Å². The fourth-order valence-corrected chi connectivity index (χ4v) is 6.32. The number of aliphatic hydroxyl groups is 2. The van der Waals surface area contributed by atoms with E-state index in [1.54, 1.807) is 6.07 Å². The van der Waals surface area contributed by atoms with Crippen molar-refractivity contribution in [2.45, 2.75) is 45.4 Å². The van der Waals surface area contributed by atoms with Crippen LogP contribution >= 0.6 is 11.3 Å². The van der Waals surface area contributed by atoms with Crippen LogP contribution in [0.1, 0.15) is 42.6 Å². The van der Waals surface area contributed by atoms with Crippen LogP contribution < -0.4 is 0 Å². The lowest BCUT2D eigenvalue weighted by Crippen LogP contribution is -2.34. The second-order valence-corrected chi connectivity index (χ2v) is 10.3. The summed E-state index contributed by atoms with van der Waals surface area (Å²) >= 11 is 1.54. The SMILES string of the molecule is C/C(=C\c1ccc(CO)o1)CC[C@H]1OC[C@H]2C1=C(CO)C[C@H]1C(=O)N(Cc3cccs3)C(=O)[C@H]12. The van der Waals surface area contributed by atoms with Crippen molar-refractivity contribution >= 4 is 29.2 Å². The molecule has 2 aromatic heterocycles. The van der Waals surface area contributed by atoms with Gasteiger partial charge in [-0.15, -0.1) is 11.3 Å². The third-order valence-electron chi connectivity index (χ3n) is 7.21. The second-order valence-electron chi connectivity index (χ2n) is 9.32. The lowest BCUT2D eigenvalue weighted by Gasteiger charge is -2.31. The number of likely N-dealkylation sites (tertiary alicyclic amines) is 1. The van der Waals surface area contributed by atoms with Gasteiger partial charge in [-0.25, -0.2) is 0 Å². The van der Waals surface area contributed by atoms with E-state index in [1.807, 2.05) is 36.6 Å². The molecule has 34 heavy (non-hydrogen) atoms. The Bertz CT molecular complexity index is 1130. The average molecular weight is 484 g/mol. The highest BCUT2D eigenvalue weighted by atomic mass is 32.1. The van der Waals surface area contributed by atoms with Gasteiger partial charge in [-0.3, -0.25) is 14.5 Å². The average Bonchev–Trinajstić information content (AvgIpc) is 3.63. The maximum absolute atomic E-state index is 13.3. The molecule has 0 spiro atoms. The minimum Gasteiger partial charge on any atom is -0.459 e. The van der Waals surface area contributed by atoms with Gasteiger partial charge in [-0.1, -0.05) is 11.6 Å². The van der Waals surface area contributed by atoms with E-state index in [4.69, 9.17) is 14.3 Å². The summed E-state index contributed by atoms with van der Waals surface area (Å²) in [6.45, 7) is 2.49. The molecular formula is C26H29NO6S. The number of fused-ring (bicyclic) bond motifs is 3. The summed E-state index contributed by atoms with van der Waals surface area (Å²) in [4.78, 5) is 28.9. The van der Waals surface area contributed by atoms with Crippen molar-refractivity contribution in [3.63, 3.8) is 0 Å². The van der Waals surface area contributed by atoms with Gasteiger partial charge in [-0.2, -0.15) is 0 Å². The molecule has 180 valence electrons. The van der Waals surface area contributed by atoms with E-state index in [2.05, 4.69) is 0 Å². The number of carbonyl (C=O) groups is 2. The Labute approximate surface area is 202 Å². The van der Waals surface area contributed by atoms with Crippen LogP contribution in [0, 0.1) is 17.8 Å². The van der Waals surface area contributed by atoms with E-state index in [9.17, 15) is 14.7 Å². The van der Waals surface area contributed by atoms with Crippen LogP contribution in [0.3, 0.4) is 0 Å². The predicted octanol–water partition coefficient (Wildman–Crippen LogP) is 3.53. The summed E-state index contributed by atoms with van der Waals surface area (Å²) in [5, 5.41) is 21.2. The lowest BCUT2D eigenvalue weighted by molar-refractivity contribution is -0.140. The molecule has 2 saturated heterocycles. The summed E-state index contributed by atoms with van der Waals surface area (Å²) in [7, 11) is 0. The number of ether oxygens (including phenoxy) is 1. The molecule has 0 radical (unpaired) electrons. The number of imide groups is 1. The van der Waals surface area contributed by atoms with Crippen LogP contribution in [0.4, 0.5) is 0 Å². The number of thiophene rings is 1. The maximum atomic E-state index is 13.3. The van der Waals surface area contributed by atoms with Gasteiger partial charge in [0.05, 0.1) is 37.7 Å². The van der Waals surface area contributed by atoms with Crippen LogP contribution in [0.25, 0.3) is 6.08 Å². The van der Waals surface area contributed by atoms with Gasteiger partial charge in [0.1, 0.15) is 18.1 Å². The molecule has 2 aromatic rings. The molecule has 4 atom stereocenters. The number of carbonyl (C=O) groups excluding carboxylic acids is 2. The van der Waals surface area contributed by atoms with Crippen molar-refractivity contribution < 1.29 is 29.0 Å². The maximum Gasteiger partial charge on any atom is 0.234 e. The zero-order valence-electron chi connectivity index (χ0n) is 19.1. The van der Waals surface area contributed by atoms with Crippen LogP contribution in [0.15, 0.2) is 50.8 Å². The first-order valence-corrected chi connectivity index (χ1v) is 12.6. The van der Waals surface area contributed by atoms with Gasteiger partial charge < -0.3 is 19.4 Å². The Balaban J connectivity index is 1.31. The largest absolute Gasteiger partial charge is 0.459 e. The Kier molecular flexibility index (Phi) is 6.57. The Hall–Kier alpha value is -2.52. The van der Waals surface area contributed by atoms with E-state index in [1.165, 1.54) is 16.2 Å². The van der Waals surface area contributed by atoms with Gasteiger partial charge in [0.25, 0.3) is 0 Å². The minimum absolute atomic E-state index is 0.110. The van der Waals surface area contributed by atoms with E-state index in [0.717, 1.165) is 34.4 Å². The van der Waals surface area contributed by atoms with Crippen molar-refractivity contribution in [3.05, 3.63) is 62.8 Å². The summed E-state index contributed by atoms with van der Waals surface area (Å²) in [5.74, 6) is 0.0171. The van der Waals surface area contributed by atoms with Crippen molar-refractivity contribution in [1.29, 1.82) is 0 Å². The predicted molar refractivity (Wildman–Crippen MR) is 126 cm³/mol. The third kappa shape index (κ3) is 4.20. The van der Waals surface area contributed by atoms with Gasteiger partial charge in [0, 0.05) is 10.8 Å². The highest BCUT2D eigenvalue weighted by molar-refractivity contribution is 7.09. The van der Waals surface area contributed by atoms with E-state index >= 15 is 0 Å². The van der Waals surface area contributed by atoms with Gasteiger partial charge in [-0.05, 0) is 67.0 Å². The van der Waals surface area contributed by atoms with Crippen LogP contribution in [-0.4, -0.2) is 46.2 Å². The molecule has 8 heteroatoms.